The number of hydrogen-bond donors (Lipinski definition) is 2. The van der Waals surface area contributed by atoms with Crippen molar-refractivity contribution in [2.75, 3.05) is 27.7 Å². The lowest BCUT2D eigenvalue weighted by Crippen LogP contribution is -2.50. The Balaban J connectivity index is 2.38. The minimum atomic E-state index is -0.641. The van der Waals surface area contributed by atoms with Gasteiger partial charge in [0.2, 0.25) is 5.91 Å². The third-order valence-electron chi connectivity index (χ3n) is 5.23. The van der Waals surface area contributed by atoms with E-state index in [1.165, 1.54) is 0 Å². The molecule has 1 unspecified atom stereocenters. The number of hydrogen-bond acceptors (Lipinski definition) is 5. The van der Waals surface area contributed by atoms with Crippen LogP contribution in [0.5, 0.6) is 5.75 Å². The Morgan fingerprint density at radius 2 is 1.75 bits per heavy atom. The maximum absolute atomic E-state index is 12.8. The van der Waals surface area contributed by atoms with E-state index in [-0.39, 0.29) is 12.3 Å². The van der Waals surface area contributed by atoms with Gasteiger partial charge in [0.05, 0.1) is 13.2 Å². The molecule has 0 saturated heterocycles. The Bertz CT molecular complexity index is 1030. The van der Waals surface area contributed by atoms with Crippen molar-refractivity contribution in [3.05, 3.63) is 71.9 Å². The zero-order chi connectivity index (χ0) is 26.6. The fraction of sp³-hybridized carbons (Fsp3) is 0.393. The lowest BCUT2D eigenvalue weighted by Gasteiger charge is -2.30. The third-order valence-corrected chi connectivity index (χ3v) is 5.23. The SMILES string of the molecule is CN=C(C(Cc1ccccc1)NC(=O)OC(C)(C)C)N(/C=C/c1ccc(OC)cc1)CCC(=O)NC. The fourth-order valence-electron chi connectivity index (χ4n) is 3.49. The van der Waals surface area contributed by atoms with Crippen molar-refractivity contribution >= 4 is 23.9 Å². The highest BCUT2D eigenvalue weighted by Crippen LogP contribution is 2.15. The molecule has 0 heterocycles. The molecule has 0 aliphatic rings. The summed E-state index contributed by atoms with van der Waals surface area (Å²) in [5, 5.41) is 5.64. The maximum atomic E-state index is 12.8. The monoisotopic (exact) mass is 494 g/mol. The number of benzene rings is 2. The number of alkyl carbamates (subject to hydrolysis) is 1. The average Bonchev–Trinajstić information content (AvgIpc) is 2.85. The number of amides is 2. The highest BCUT2D eigenvalue weighted by molar-refractivity contribution is 5.92. The minimum Gasteiger partial charge on any atom is -0.497 e. The van der Waals surface area contributed by atoms with Crippen molar-refractivity contribution in [1.29, 1.82) is 0 Å². The topological polar surface area (TPSA) is 92.3 Å². The molecule has 194 valence electrons. The first-order valence-electron chi connectivity index (χ1n) is 11.9. The van der Waals surface area contributed by atoms with Crippen molar-refractivity contribution in [2.45, 2.75) is 45.3 Å². The maximum Gasteiger partial charge on any atom is 0.408 e. The molecule has 0 spiro atoms. The van der Waals surface area contributed by atoms with Gasteiger partial charge in [-0.25, -0.2) is 4.79 Å². The van der Waals surface area contributed by atoms with Crippen molar-refractivity contribution in [3.8, 4) is 5.75 Å². The van der Waals surface area contributed by atoms with Crippen LogP contribution in [0, 0.1) is 0 Å². The van der Waals surface area contributed by atoms with E-state index in [4.69, 9.17) is 9.47 Å². The first-order valence-corrected chi connectivity index (χ1v) is 11.9. The first-order chi connectivity index (χ1) is 17.1. The molecule has 2 rings (SSSR count). The molecular weight excluding hydrogens is 456 g/mol. The Hall–Kier alpha value is -3.81. The number of nitrogens with zero attached hydrogens (tertiary/aromatic N) is 2. The molecule has 8 heteroatoms. The van der Waals surface area contributed by atoms with Gasteiger partial charge in [-0.2, -0.15) is 0 Å². The van der Waals surface area contributed by atoms with E-state index in [9.17, 15) is 9.59 Å². The number of amidine groups is 1. The fourth-order valence-corrected chi connectivity index (χ4v) is 3.49. The van der Waals surface area contributed by atoms with Gasteiger partial charge in [0.25, 0.3) is 0 Å². The number of carbonyl (C=O) groups excluding carboxylic acids is 2. The van der Waals surface area contributed by atoms with Gasteiger partial charge in [0, 0.05) is 33.3 Å². The molecule has 0 fully saturated rings. The molecule has 36 heavy (non-hydrogen) atoms. The Labute approximate surface area is 214 Å². The van der Waals surface area contributed by atoms with Gasteiger partial charge in [0.15, 0.2) is 0 Å². The van der Waals surface area contributed by atoms with Crippen LogP contribution in [-0.2, 0) is 16.0 Å². The van der Waals surface area contributed by atoms with Crippen LogP contribution < -0.4 is 15.4 Å². The molecule has 1 atom stereocenters. The van der Waals surface area contributed by atoms with Gasteiger partial charge in [-0.1, -0.05) is 42.5 Å². The third kappa shape index (κ3) is 9.82. The molecule has 2 amide bonds. The molecule has 2 aromatic carbocycles. The second-order valence-electron chi connectivity index (χ2n) is 9.18. The van der Waals surface area contributed by atoms with Crippen LogP contribution in [0.2, 0.25) is 0 Å². The van der Waals surface area contributed by atoms with Gasteiger partial charge in [-0.15, -0.1) is 0 Å². The quantitative estimate of drug-likeness (QED) is 0.380. The Kier molecular flexibility index (Phi) is 11.0. The second-order valence-corrected chi connectivity index (χ2v) is 9.18. The number of nitrogens with one attached hydrogen (secondary N) is 2. The van der Waals surface area contributed by atoms with E-state index in [0.717, 1.165) is 16.9 Å². The summed E-state index contributed by atoms with van der Waals surface area (Å²) in [5.41, 5.74) is 1.35. The molecule has 0 aromatic heterocycles. The summed E-state index contributed by atoms with van der Waals surface area (Å²) in [6.45, 7) is 5.84. The molecule has 0 aliphatic carbocycles. The van der Waals surface area contributed by atoms with E-state index in [1.54, 1.807) is 21.2 Å². The summed E-state index contributed by atoms with van der Waals surface area (Å²) in [6.07, 6.45) is 4.03. The second kappa shape index (κ2) is 13.9. The highest BCUT2D eigenvalue weighted by atomic mass is 16.6. The zero-order valence-corrected chi connectivity index (χ0v) is 22.1. The van der Waals surface area contributed by atoms with E-state index in [0.29, 0.717) is 18.8 Å². The number of carbonyl (C=O) groups is 2. The number of ether oxygens (including phenoxy) is 2. The molecule has 0 aliphatic heterocycles. The molecule has 2 N–H and O–H groups in total. The van der Waals surface area contributed by atoms with Gasteiger partial charge < -0.3 is 25.0 Å². The van der Waals surface area contributed by atoms with Gasteiger partial charge in [-0.05, 0) is 56.5 Å². The molecule has 2 aromatic rings. The zero-order valence-electron chi connectivity index (χ0n) is 22.1. The summed E-state index contributed by atoms with van der Waals surface area (Å²) in [4.78, 5) is 31.3. The summed E-state index contributed by atoms with van der Waals surface area (Å²) in [5.74, 6) is 1.29. The van der Waals surface area contributed by atoms with Crippen LogP contribution >= 0.6 is 0 Å². The largest absolute Gasteiger partial charge is 0.497 e. The van der Waals surface area contributed by atoms with E-state index < -0.39 is 17.7 Å². The molecular formula is C28H38N4O4. The highest BCUT2D eigenvalue weighted by Gasteiger charge is 2.26. The molecule has 0 bridgehead atoms. The summed E-state index contributed by atoms with van der Waals surface area (Å²) in [6, 6.07) is 17.0. The number of aliphatic imine (C=N–C) groups is 1. The lowest BCUT2D eigenvalue weighted by atomic mass is 10.0. The average molecular weight is 495 g/mol. The van der Waals surface area contributed by atoms with E-state index in [2.05, 4.69) is 15.6 Å². The van der Waals surface area contributed by atoms with Crippen LogP contribution in [0.3, 0.4) is 0 Å². The van der Waals surface area contributed by atoms with Crippen molar-refractivity contribution < 1.29 is 19.1 Å². The standard InChI is InChI=1S/C28H38N4O4/c1-28(2,3)36-27(34)31-24(20-22-10-8-7-9-11-22)26(30-5)32(19-17-25(33)29-4)18-16-21-12-14-23(35-6)15-13-21/h7-16,18,24H,17,19-20H2,1-6H3,(H,29,33)(H,31,34)/b18-16+,30-26?. The smallest absolute Gasteiger partial charge is 0.408 e. The van der Waals surface area contributed by atoms with Gasteiger partial charge >= 0.3 is 6.09 Å². The molecule has 0 saturated carbocycles. The number of methoxy groups -OCH3 is 1. The summed E-state index contributed by atoms with van der Waals surface area (Å²) < 4.78 is 10.8. The van der Waals surface area contributed by atoms with Gasteiger partial charge in [-0.3, -0.25) is 9.79 Å². The predicted octanol–water partition coefficient (Wildman–Crippen LogP) is 4.27. The molecule has 8 nitrogen and oxygen atoms in total. The minimum absolute atomic E-state index is 0.0898. The predicted molar refractivity (Wildman–Crippen MR) is 144 cm³/mol. The van der Waals surface area contributed by atoms with E-state index >= 15 is 0 Å². The summed E-state index contributed by atoms with van der Waals surface area (Å²) in [7, 11) is 4.91. The van der Waals surface area contributed by atoms with Crippen LogP contribution in [0.25, 0.3) is 6.08 Å². The van der Waals surface area contributed by atoms with Crippen molar-refractivity contribution in [2.24, 2.45) is 4.99 Å². The van der Waals surface area contributed by atoms with Crippen molar-refractivity contribution in [3.63, 3.8) is 0 Å². The van der Waals surface area contributed by atoms with Gasteiger partial charge in [0.1, 0.15) is 17.2 Å². The van der Waals surface area contributed by atoms with Crippen LogP contribution in [0.1, 0.15) is 38.3 Å². The van der Waals surface area contributed by atoms with Crippen LogP contribution in [0.15, 0.2) is 65.8 Å². The summed E-state index contributed by atoms with van der Waals surface area (Å²) >= 11 is 0. The van der Waals surface area contributed by atoms with E-state index in [1.807, 2.05) is 92.5 Å². The lowest BCUT2D eigenvalue weighted by molar-refractivity contribution is -0.120. The van der Waals surface area contributed by atoms with Crippen molar-refractivity contribution in [1.82, 2.24) is 15.5 Å². The Morgan fingerprint density at radius 3 is 2.31 bits per heavy atom. The molecule has 0 radical (unpaired) electrons. The Morgan fingerprint density at radius 1 is 1.08 bits per heavy atom. The van der Waals surface area contributed by atoms with Crippen LogP contribution in [-0.4, -0.2) is 62.1 Å². The number of rotatable bonds is 10. The first kappa shape index (κ1) is 28.4. The van der Waals surface area contributed by atoms with Crippen LogP contribution in [0.4, 0.5) is 4.79 Å². The normalized spacial score (nSPS) is 12.7.